The zero-order valence-electron chi connectivity index (χ0n) is 8.77. The minimum atomic E-state index is -0.169. The molecule has 1 aliphatic carbocycles. The fourth-order valence-electron chi connectivity index (χ4n) is 2.43. The van der Waals surface area contributed by atoms with E-state index in [2.05, 4.69) is 10.3 Å². The van der Waals surface area contributed by atoms with Gasteiger partial charge in [0.1, 0.15) is 5.37 Å². The highest BCUT2D eigenvalue weighted by Gasteiger charge is 2.36. The summed E-state index contributed by atoms with van der Waals surface area (Å²) in [5.74, 6) is -0.151. The lowest BCUT2D eigenvalue weighted by molar-refractivity contribution is -0.122. The number of nitrogens with zero attached hydrogens (tertiary/aromatic N) is 1. The number of allylic oxidation sites excluding steroid dienone is 1. The number of aliphatic imine (C=N–C) groups is 1. The molecule has 84 valence electrons. The van der Waals surface area contributed by atoms with Gasteiger partial charge < -0.3 is 11.1 Å². The van der Waals surface area contributed by atoms with Crippen molar-refractivity contribution in [3.8, 4) is 0 Å². The van der Waals surface area contributed by atoms with Crippen molar-refractivity contribution in [2.24, 2.45) is 16.6 Å². The zero-order chi connectivity index (χ0) is 11.1. The van der Waals surface area contributed by atoms with Gasteiger partial charge >= 0.3 is 0 Å². The van der Waals surface area contributed by atoms with E-state index in [1.54, 1.807) is 18.1 Å². The van der Waals surface area contributed by atoms with E-state index >= 15 is 0 Å². The van der Waals surface area contributed by atoms with Crippen LogP contribution in [-0.4, -0.2) is 17.6 Å². The van der Waals surface area contributed by atoms with E-state index in [1.807, 2.05) is 6.20 Å². The lowest BCUT2D eigenvalue weighted by Crippen LogP contribution is -2.25. The van der Waals surface area contributed by atoms with Crippen molar-refractivity contribution >= 4 is 24.0 Å². The number of carbonyl (C=O) groups excluding carboxylic acids is 1. The van der Waals surface area contributed by atoms with E-state index in [1.165, 1.54) is 16.1 Å². The molecule has 0 aromatic rings. The summed E-state index contributed by atoms with van der Waals surface area (Å²) in [6, 6.07) is 0. The van der Waals surface area contributed by atoms with Gasteiger partial charge in [-0.3, -0.25) is 9.79 Å². The van der Waals surface area contributed by atoms with E-state index in [-0.39, 0.29) is 17.2 Å². The van der Waals surface area contributed by atoms with E-state index < -0.39 is 0 Å². The molecule has 0 saturated carbocycles. The SMILES string of the molecule is NC(=O)C1CCC2=C(C1)SC1N=CNC=C21. The molecule has 16 heavy (non-hydrogen) atoms. The van der Waals surface area contributed by atoms with Crippen LogP contribution in [0.25, 0.3) is 0 Å². The average Bonchev–Trinajstić information content (AvgIpc) is 2.66. The van der Waals surface area contributed by atoms with Crippen molar-refractivity contribution in [1.29, 1.82) is 0 Å². The third-order valence-electron chi connectivity index (χ3n) is 3.31. The minimum absolute atomic E-state index is 0.0175. The van der Waals surface area contributed by atoms with Gasteiger partial charge in [-0.15, -0.1) is 0 Å². The van der Waals surface area contributed by atoms with Crippen molar-refractivity contribution in [3.05, 3.63) is 22.3 Å². The summed E-state index contributed by atoms with van der Waals surface area (Å²) in [6.07, 6.45) is 6.39. The van der Waals surface area contributed by atoms with Crippen LogP contribution in [0.15, 0.2) is 27.2 Å². The monoisotopic (exact) mass is 235 g/mol. The number of hydrogen-bond acceptors (Lipinski definition) is 4. The largest absolute Gasteiger partial charge is 0.369 e. The second-order valence-electron chi connectivity index (χ2n) is 4.26. The summed E-state index contributed by atoms with van der Waals surface area (Å²) in [7, 11) is 0. The van der Waals surface area contributed by atoms with E-state index in [0.29, 0.717) is 0 Å². The van der Waals surface area contributed by atoms with Crippen LogP contribution < -0.4 is 11.1 Å². The van der Waals surface area contributed by atoms with Crippen molar-refractivity contribution < 1.29 is 4.79 Å². The molecule has 2 heterocycles. The molecule has 4 nitrogen and oxygen atoms in total. The molecule has 0 radical (unpaired) electrons. The van der Waals surface area contributed by atoms with Crippen molar-refractivity contribution in [1.82, 2.24) is 5.32 Å². The van der Waals surface area contributed by atoms with Gasteiger partial charge in [0.05, 0.1) is 6.34 Å². The fourth-order valence-corrected chi connectivity index (χ4v) is 3.82. The van der Waals surface area contributed by atoms with Gasteiger partial charge in [-0.2, -0.15) is 0 Å². The second kappa shape index (κ2) is 3.66. The Morgan fingerprint density at radius 2 is 2.50 bits per heavy atom. The zero-order valence-corrected chi connectivity index (χ0v) is 9.59. The summed E-state index contributed by atoms with van der Waals surface area (Å²) in [6.45, 7) is 0. The molecule has 0 fully saturated rings. The quantitative estimate of drug-likeness (QED) is 0.715. The number of rotatable bonds is 1. The molecule has 1 amide bonds. The Labute approximate surface area is 98.1 Å². The predicted molar refractivity (Wildman–Crippen MR) is 64.7 cm³/mol. The molecule has 2 atom stereocenters. The number of primary amides is 1. The number of carbonyl (C=O) groups is 1. The lowest BCUT2D eigenvalue weighted by Gasteiger charge is -2.20. The fraction of sp³-hybridized carbons (Fsp3) is 0.455. The van der Waals surface area contributed by atoms with Gasteiger partial charge in [0, 0.05) is 17.7 Å². The van der Waals surface area contributed by atoms with Gasteiger partial charge in [0.25, 0.3) is 0 Å². The number of fused-ring (bicyclic) bond motifs is 2. The molecule has 3 N–H and O–H groups in total. The van der Waals surface area contributed by atoms with E-state index in [9.17, 15) is 4.79 Å². The highest BCUT2D eigenvalue weighted by Crippen LogP contribution is 2.50. The summed E-state index contributed by atoms with van der Waals surface area (Å²) < 4.78 is 0. The number of hydrogen-bond donors (Lipinski definition) is 2. The van der Waals surface area contributed by atoms with E-state index in [4.69, 9.17) is 5.73 Å². The number of amides is 1. The molecule has 0 bridgehead atoms. The van der Waals surface area contributed by atoms with Crippen molar-refractivity contribution in [2.45, 2.75) is 24.6 Å². The molecule has 2 unspecified atom stereocenters. The molecule has 0 aromatic carbocycles. The topological polar surface area (TPSA) is 67.5 Å². The molecule has 0 spiro atoms. The van der Waals surface area contributed by atoms with Gasteiger partial charge in [0.2, 0.25) is 5.91 Å². The number of nitrogens with two attached hydrogens (primary N) is 1. The first-order valence-corrected chi connectivity index (χ1v) is 6.30. The van der Waals surface area contributed by atoms with Crippen molar-refractivity contribution in [3.63, 3.8) is 0 Å². The van der Waals surface area contributed by atoms with Crippen LogP contribution >= 0.6 is 11.8 Å². The molecule has 3 rings (SSSR count). The summed E-state index contributed by atoms with van der Waals surface area (Å²) in [5.41, 5.74) is 8.04. The molecule has 3 aliphatic rings. The summed E-state index contributed by atoms with van der Waals surface area (Å²) in [5, 5.41) is 3.24. The maximum atomic E-state index is 11.2. The first-order valence-electron chi connectivity index (χ1n) is 5.42. The standard InChI is InChI=1S/C11H13N3OS/c12-10(15)6-1-2-7-8-4-13-5-14-11(8)16-9(7)3-6/h4-6,11H,1-3H2,(H2,12,15)(H,13,14). The highest BCUT2D eigenvalue weighted by molar-refractivity contribution is 8.04. The van der Waals surface area contributed by atoms with Crippen LogP contribution in [0.2, 0.25) is 0 Å². The molecular formula is C11H13N3OS. The van der Waals surface area contributed by atoms with E-state index in [0.717, 1.165) is 19.3 Å². The molecule has 2 aliphatic heterocycles. The first kappa shape index (κ1) is 9.96. The Balaban J connectivity index is 1.87. The minimum Gasteiger partial charge on any atom is -0.369 e. The van der Waals surface area contributed by atoms with Gasteiger partial charge in [-0.05, 0) is 29.7 Å². The van der Waals surface area contributed by atoms with Gasteiger partial charge in [-0.25, -0.2) is 0 Å². The lowest BCUT2D eigenvalue weighted by atomic mass is 9.86. The predicted octanol–water partition coefficient (Wildman–Crippen LogP) is 1.11. The number of thioether (sulfide) groups is 1. The smallest absolute Gasteiger partial charge is 0.220 e. The maximum absolute atomic E-state index is 11.2. The van der Waals surface area contributed by atoms with Crippen LogP contribution in [-0.2, 0) is 4.79 Å². The Bertz CT molecular complexity index is 439. The Kier molecular flexibility index (Phi) is 2.28. The molecule has 0 aromatic heterocycles. The third-order valence-corrected chi connectivity index (χ3v) is 4.60. The summed E-state index contributed by atoms with van der Waals surface area (Å²) >= 11 is 1.77. The Morgan fingerprint density at radius 1 is 1.62 bits per heavy atom. The average molecular weight is 235 g/mol. The summed E-state index contributed by atoms with van der Waals surface area (Å²) in [4.78, 5) is 16.9. The second-order valence-corrected chi connectivity index (χ2v) is 5.43. The molecule has 5 heteroatoms. The number of nitrogens with one attached hydrogen (secondary N) is 1. The normalized spacial score (nSPS) is 31.6. The third kappa shape index (κ3) is 1.46. The van der Waals surface area contributed by atoms with Crippen LogP contribution in [0.3, 0.4) is 0 Å². The van der Waals surface area contributed by atoms with Crippen LogP contribution in [0.1, 0.15) is 19.3 Å². The molecule has 0 saturated heterocycles. The maximum Gasteiger partial charge on any atom is 0.220 e. The molecular weight excluding hydrogens is 222 g/mol. The van der Waals surface area contributed by atoms with Crippen LogP contribution in [0, 0.1) is 5.92 Å². The van der Waals surface area contributed by atoms with Crippen LogP contribution in [0.4, 0.5) is 0 Å². The Morgan fingerprint density at radius 3 is 3.31 bits per heavy atom. The van der Waals surface area contributed by atoms with Gasteiger partial charge in [-0.1, -0.05) is 11.8 Å². The van der Waals surface area contributed by atoms with Crippen LogP contribution in [0.5, 0.6) is 0 Å². The first-order chi connectivity index (χ1) is 7.75. The Hall–Kier alpha value is -1.23. The highest BCUT2D eigenvalue weighted by atomic mass is 32.2. The van der Waals surface area contributed by atoms with Crippen molar-refractivity contribution in [2.75, 3.05) is 0 Å². The van der Waals surface area contributed by atoms with Gasteiger partial charge in [0.15, 0.2) is 0 Å².